The van der Waals surface area contributed by atoms with Crippen molar-refractivity contribution in [3.63, 3.8) is 0 Å². The molecule has 6 nitrogen and oxygen atoms in total. The van der Waals surface area contributed by atoms with Crippen LogP contribution in [0.2, 0.25) is 0 Å². The summed E-state index contributed by atoms with van der Waals surface area (Å²) in [7, 11) is 0. The fourth-order valence-corrected chi connectivity index (χ4v) is 2.68. The molecule has 0 fully saturated rings. The molecule has 0 amide bonds. The van der Waals surface area contributed by atoms with Crippen LogP contribution in [0.3, 0.4) is 0 Å². The Morgan fingerprint density at radius 2 is 2.00 bits per heavy atom. The molecular formula is C20H24FIN6. The molecule has 0 saturated carbocycles. The van der Waals surface area contributed by atoms with E-state index in [1.165, 1.54) is 12.4 Å². The average Bonchev–Trinajstić information content (AvgIpc) is 3.22. The lowest BCUT2D eigenvalue weighted by Crippen LogP contribution is -2.36. The topological polar surface area (TPSA) is 78.0 Å². The number of benzene rings is 2. The summed E-state index contributed by atoms with van der Waals surface area (Å²) in [6, 6.07) is 13.1. The Morgan fingerprint density at radius 3 is 2.71 bits per heavy atom. The van der Waals surface area contributed by atoms with Crippen LogP contribution in [0.4, 0.5) is 4.39 Å². The predicted molar refractivity (Wildman–Crippen MR) is 120 cm³/mol. The summed E-state index contributed by atoms with van der Waals surface area (Å²) in [5.41, 5.74) is 3.69. The van der Waals surface area contributed by atoms with E-state index in [2.05, 4.69) is 30.8 Å². The van der Waals surface area contributed by atoms with Crippen LogP contribution in [0.5, 0.6) is 0 Å². The van der Waals surface area contributed by atoms with Gasteiger partial charge in [0.1, 0.15) is 12.1 Å². The van der Waals surface area contributed by atoms with Crippen LogP contribution in [0, 0.1) is 12.7 Å². The Balaban J connectivity index is 0.00000280. The highest BCUT2D eigenvalue weighted by Crippen LogP contribution is 2.16. The SMILES string of the molecule is CCNC(=NCc1cccc(-c2ncn[nH]2)c1)NCc1ccc(F)c(C)c1.I. The van der Waals surface area contributed by atoms with E-state index in [1.54, 1.807) is 13.0 Å². The van der Waals surface area contributed by atoms with Gasteiger partial charge in [0.2, 0.25) is 0 Å². The van der Waals surface area contributed by atoms with E-state index in [9.17, 15) is 4.39 Å². The van der Waals surface area contributed by atoms with Crippen LogP contribution < -0.4 is 10.6 Å². The molecule has 2 aromatic carbocycles. The van der Waals surface area contributed by atoms with Crippen LogP contribution in [-0.2, 0) is 13.1 Å². The van der Waals surface area contributed by atoms with Gasteiger partial charge in [0.05, 0.1) is 6.54 Å². The van der Waals surface area contributed by atoms with E-state index >= 15 is 0 Å². The first-order valence-electron chi connectivity index (χ1n) is 8.87. The molecule has 3 aromatic rings. The van der Waals surface area contributed by atoms with E-state index in [-0.39, 0.29) is 29.8 Å². The van der Waals surface area contributed by atoms with Crippen LogP contribution >= 0.6 is 24.0 Å². The molecular weight excluding hydrogens is 470 g/mol. The molecule has 0 spiro atoms. The molecule has 0 aliphatic carbocycles. The predicted octanol–water partition coefficient (Wildman–Crippen LogP) is 3.79. The van der Waals surface area contributed by atoms with Crippen molar-refractivity contribution in [2.45, 2.75) is 26.9 Å². The van der Waals surface area contributed by atoms with Gasteiger partial charge in [0, 0.05) is 18.7 Å². The molecule has 1 aromatic heterocycles. The number of nitrogens with one attached hydrogen (secondary N) is 3. The van der Waals surface area contributed by atoms with E-state index < -0.39 is 0 Å². The van der Waals surface area contributed by atoms with Crippen LogP contribution in [-0.4, -0.2) is 27.7 Å². The molecule has 0 radical (unpaired) electrons. The number of hydrogen-bond donors (Lipinski definition) is 3. The highest BCUT2D eigenvalue weighted by atomic mass is 127. The number of aromatic amines is 1. The molecule has 3 rings (SSSR count). The zero-order chi connectivity index (χ0) is 19.1. The van der Waals surface area contributed by atoms with Crippen molar-refractivity contribution in [1.82, 2.24) is 25.8 Å². The quantitative estimate of drug-likeness (QED) is 0.277. The largest absolute Gasteiger partial charge is 0.357 e. The van der Waals surface area contributed by atoms with E-state index in [1.807, 2.05) is 37.3 Å². The van der Waals surface area contributed by atoms with Gasteiger partial charge >= 0.3 is 0 Å². The summed E-state index contributed by atoms with van der Waals surface area (Å²) >= 11 is 0. The first-order chi connectivity index (χ1) is 13.2. The fraction of sp³-hybridized carbons (Fsp3) is 0.250. The Hall–Kier alpha value is -2.49. The summed E-state index contributed by atoms with van der Waals surface area (Å²) in [5.74, 6) is 1.26. The maximum Gasteiger partial charge on any atom is 0.191 e. The number of halogens is 2. The van der Waals surface area contributed by atoms with Crippen molar-refractivity contribution in [2.75, 3.05) is 6.54 Å². The third kappa shape index (κ3) is 6.01. The zero-order valence-corrected chi connectivity index (χ0v) is 18.2. The van der Waals surface area contributed by atoms with Gasteiger partial charge in [0.15, 0.2) is 11.8 Å². The zero-order valence-electron chi connectivity index (χ0n) is 15.9. The lowest BCUT2D eigenvalue weighted by atomic mass is 10.1. The Bertz CT molecular complexity index is 911. The molecule has 0 aliphatic heterocycles. The van der Waals surface area contributed by atoms with Crippen molar-refractivity contribution < 1.29 is 4.39 Å². The number of aromatic nitrogens is 3. The van der Waals surface area contributed by atoms with Crippen molar-refractivity contribution in [3.8, 4) is 11.4 Å². The number of guanidine groups is 1. The van der Waals surface area contributed by atoms with Crippen molar-refractivity contribution in [3.05, 3.63) is 71.3 Å². The van der Waals surface area contributed by atoms with Crippen molar-refractivity contribution in [1.29, 1.82) is 0 Å². The van der Waals surface area contributed by atoms with Crippen molar-refractivity contribution >= 4 is 29.9 Å². The van der Waals surface area contributed by atoms with Gasteiger partial charge in [-0.15, -0.1) is 24.0 Å². The first kappa shape index (κ1) is 21.8. The smallest absolute Gasteiger partial charge is 0.191 e. The second kappa shape index (κ2) is 10.7. The first-order valence-corrected chi connectivity index (χ1v) is 8.87. The van der Waals surface area contributed by atoms with Crippen LogP contribution in [0.1, 0.15) is 23.6 Å². The highest BCUT2D eigenvalue weighted by Gasteiger charge is 2.04. The van der Waals surface area contributed by atoms with Gasteiger partial charge in [-0.1, -0.05) is 30.3 Å². The molecule has 0 aliphatic rings. The van der Waals surface area contributed by atoms with Gasteiger partial charge in [-0.3, -0.25) is 5.10 Å². The molecule has 0 unspecified atom stereocenters. The summed E-state index contributed by atoms with van der Waals surface area (Å²) < 4.78 is 13.4. The lowest BCUT2D eigenvalue weighted by Gasteiger charge is -2.12. The van der Waals surface area contributed by atoms with Gasteiger partial charge in [-0.05, 0) is 42.7 Å². The number of rotatable bonds is 6. The van der Waals surface area contributed by atoms with E-state index in [0.29, 0.717) is 24.6 Å². The average molecular weight is 494 g/mol. The fourth-order valence-electron chi connectivity index (χ4n) is 2.68. The van der Waals surface area contributed by atoms with E-state index in [4.69, 9.17) is 0 Å². The summed E-state index contributed by atoms with van der Waals surface area (Å²) in [6.45, 7) is 5.64. The van der Waals surface area contributed by atoms with Crippen LogP contribution in [0.15, 0.2) is 53.8 Å². The molecule has 0 atom stereocenters. The molecule has 3 N–H and O–H groups in total. The summed E-state index contributed by atoms with van der Waals surface area (Å²) in [4.78, 5) is 8.81. The minimum Gasteiger partial charge on any atom is -0.357 e. The van der Waals surface area contributed by atoms with E-state index in [0.717, 1.165) is 29.1 Å². The summed E-state index contributed by atoms with van der Waals surface area (Å²) in [5, 5.41) is 13.3. The minimum atomic E-state index is -0.189. The second-order valence-corrected chi connectivity index (χ2v) is 6.17. The van der Waals surface area contributed by atoms with Gasteiger partial charge in [0.25, 0.3) is 0 Å². The number of hydrogen-bond acceptors (Lipinski definition) is 3. The highest BCUT2D eigenvalue weighted by molar-refractivity contribution is 14.0. The number of H-pyrrole nitrogens is 1. The standard InChI is InChI=1S/C20H23FN6.HI/c1-3-22-20(24-12-16-7-8-18(21)14(2)9-16)23-11-15-5-4-6-17(10-15)19-25-13-26-27-19;/h4-10,13H,3,11-12H2,1-2H3,(H2,22,23,24)(H,25,26,27);1H. The number of nitrogens with zero attached hydrogens (tertiary/aromatic N) is 3. The molecule has 0 saturated heterocycles. The van der Waals surface area contributed by atoms with Gasteiger partial charge < -0.3 is 10.6 Å². The third-order valence-electron chi connectivity index (χ3n) is 4.06. The lowest BCUT2D eigenvalue weighted by molar-refractivity contribution is 0.617. The van der Waals surface area contributed by atoms with Gasteiger partial charge in [-0.25, -0.2) is 14.4 Å². The monoisotopic (exact) mass is 494 g/mol. The summed E-state index contributed by atoms with van der Waals surface area (Å²) in [6.07, 6.45) is 1.49. The Morgan fingerprint density at radius 1 is 1.14 bits per heavy atom. The van der Waals surface area contributed by atoms with Gasteiger partial charge in [-0.2, -0.15) is 5.10 Å². The maximum atomic E-state index is 13.4. The Kier molecular flexibility index (Phi) is 8.37. The third-order valence-corrected chi connectivity index (χ3v) is 4.06. The normalized spacial score (nSPS) is 11.0. The van der Waals surface area contributed by atoms with Crippen LogP contribution in [0.25, 0.3) is 11.4 Å². The number of aryl methyl sites for hydroxylation is 1. The minimum absolute atomic E-state index is 0. The molecule has 1 heterocycles. The van der Waals surface area contributed by atoms with Crippen molar-refractivity contribution in [2.24, 2.45) is 4.99 Å². The molecule has 28 heavy (non-hydrogen) atoms. The molecule has 148 valence electrons. The maximum absolute atomic E-state index is 13.4. The molecule has 8 heteroatoms. The second-order valence-electron chi connectivity index (χ2n) is 6.17. The Labute approximate surface area is 181 Å². The molecule has 0 bridgehead atoms. The number of aliphatic imine (C=N–C) groups is 1.